The molecular formula is C19H27N7O2. The summed E-state index contributed by atoms with van der Waals surface area (Å²) >= 11 is 0. The Morgan fingerprint density at radius 2 is 2.04 bits per heavy atom. The van der Waals surface area contributed by atoms with Crippen LogP contribution in [0.5, 0.6) is 0 Å². The van der Waals surface area contributed by atoms with Gasteiger partial charge in [0.2, 0.25) is 5.95 Å². The van der Waals surface area contributed by atoms with Gasteiger partial charge in [-0.25, -0.2) is 9.97 Å². The number of anilines is 2. The highest BCUT2D eigenvalue weighted by Gasteiger charge is 2.22. The topological polar surface area (TPSA) is 110 Å². The SMILES string of the molecule is CCOCc1n[nH]c(CNc2nc3c(c(NC4CCC=CCC4)n2)COC3)n1. The average molecular weight is 385 g/mol. The molecule has 0 spiro atoms. The van der Waals surface area contributed by atoms with Crippen molar-refractivity contribution in [1.82, 2.24) is 25.1 Å². The van der Waals surface area contributed by atoms with Crippen LogP contribution >= 0.6 is 0 Å². The van der Waals surface area contributed by atoms with Crippen molar-refractivity contribution in [2.45, 2.75) is 65.0 Å². The molecule has 9 heteroatoms. The number of nitrogens with zero attached hydrogens (tertiary/aromatic N) is 4. The summed E-state index contributed by atoms with van der Waals surface area (Å²) < 4.78 is 10.9. The van der Waals surface area contributed by atoms with Crippen LogP contribution < -0.4 is 10.6 Å². The third-order valence-electron chi connectivity index (χ3n) is 4.88. The van der Waals surface area contributed by atoms with Crippen molar-refractivity contribution in [3.8, 4) is 0 Å². The van der Waals surface area contributed by atoms with Crippen molar-refractivity contribution in [2.24, 2.45) is 0 Å². The lowest BCUT2D eigenvalue weighted by Crippen LogP contribution is -2.21. The number of H-pyrrole nitrogens is 1. The van der Waals surface area contributed by atoms with Gasteiger partial charge in [0.15, 0.2) is 5.82 Å². The molecule has 150 valence electrons. The molecule has 3 heterocycles. The second kappa shape index (κ2) is 9.11. The van der Waals surface area contributed by atoms with Crippen molar-refractivity contribution >= 4 is 11.8 Å². The largest absolute Gasteiger partial charge is 0.374 e. The van der Waals surface area contributed by atoms with Crippen molar-refractivity contribution in [3.05, 3.63) is 35.1 Å². The molecule has 2 aliphatic rings. The molecule has 0 radical (unpaired) electrons. The van der Waals surface area contributed by atoms with Crippen LogP contribution in [0, 0.1) is 0 Å². The highest BCUT2D eigenvalue weighted by atomic mass is 16.5. The Hall–Kier alpha value is -2.52. The first-order chi connectivity index (χ1) is 13.8. The van der Waals surface area contributed by atoms with Crippen LogP contribution in [0.1, 0.15) is 55.5 Å². The molecule has 0 unspecified atom stereocenters. The molecule has 1 aliphatic carbocycles. The number of aromatic amines is 1. The van der Waals surface area contributed by atoms with Crippen molar-refractivity contribution in [2.75, 3.05) is 17.2 Å². The van der Waals surface area contributed by atoms with Gasteiger partial charge in [0, 0.05) is 18.2 Å². The molecule has 0 atom stereocenters. The third-order valence-corrected chi connectivity index (χ3v) is 4.88. The van der Waals surface area contributed by atoms with Gasteiger partial charge in [-0.1, -0.05) is 12.2 Å². The van der Waals surface area contributed by atoms with E-state index in [1.807, 2.05) is 6.92 Å². The van der Waals surface area contributed by atoms with E-state index in [1.54, 1.807) is 0 Å². The third kappa shape index (κ3) is 4.66. The molecule has 9 nitrogen and oxygen atoms in total. The van der Waals surface area contributed by atoms with Gasteiger partial charge in [-0.15, -0.1) is 0 Å². The number of ether oxygens (including phenoxy) is 2. The van der Waals surface area contributed by atoms with Crippen LogP contribution in [0.3, 0.4) is 0 Å². The number of rotatable bonds is 8. The van der Waals surface area contributed by atoms with Gasteiger partial charge in [-0.2, -0.15) is 10.1 Å². The zero-order chi connectivity index (χ0) is 19.2. The maximum Gasteiger partial charge on any atom is 0.225 e. The van der Waals surface area contributed by atoms with E-state index < -0.39 is 0 Å². The Balaban J connectivity index is 1.43. The van der Waals surface area contributed by atoms with Gasteiger partial charge in [0.05, 0.1) is 25.5 Å². The molecule has 0 bridgehead atoms. The minimum absolute atomic E-state index is 0.407. The van der Waals surface area contributed by atoms with E-state index in [2.05, 4.69) is 43.0 Å². The molecule has 0 fully saturated rings. The first-order valence-corrected chi connectivity index (χ1v) is 9.92. The van der Waals surface area contributed by atoms with Crippen LogP contribution in [-0.2, 0) is 35.8 Å². The molecule has 4 rings (SSSR count). The maximum atomic E-state index is 5.60. The van der Waals surface area contributed by atoms with Gasteiger partial charge < -0.3 is 20.1 Å². The lowest BCUT2D eigenvalue weighted by Gasteiger charge is -2.19. The Morgan fingerprint density at radius 1 is 1.18 bits per heavy atom. The zero-order valence-corrected chi connectivity index (χ0v) is 16.2. The van der Waals surface area contributed by atoms with Crippen LogP contribution in [-0.4, -0.2) is 37.8 Å². The summed E-state index contributed by atoms with van der Waals surface area (Å²) in [5.74, 6) is 2.82. The van der Waals surface area contributed by atoms with Gasteiger partial charge in [0.25, 0.3) is 0 Å². The molecular weight excluding hydrogens is 358 g/mol. The minimum Gasteiger partial charge on any atom is -0.374 e. The van der Waals surface area contributed by atoms with Crippen LogP contribution in [0.15, 0.2) is 12.2 Å². The van der Waals surface area contributed by atoms with E-state index in [-0.39, 0.29) is 0 Å². The van der Waals surface area contributed by atoms with Crippen LogP contribution in [0.4, 0.5) is 11.8 Å². The number of hydrogen-bond acceptors (Lipinski definition) is 8. The first kappa shape index (κ1) is 18.8. The van der Waals surface area contributed by atoms with E-state index >= 15 is 0 Å². The van der Waals surface area contributed by atoms with Gasteiger partial charge in [-0.05, 0) is 32.6 Å². The Labute approximate surface area is 164 Å². The monoisotopic (exact) mass is 385 g/mol. The van der Waals surface area contributed by atoms with E-state index in [9.17, 15) is 0 Å². The van der Waals surface area contributed by atoms with Gasteiger partial charge in [0.1, 0.15) is 18.2 Å². The van der Waals surface area contributed by atoms with Crippen LogP contribution in [0.25, 0.3) is 0 Å². The normalized spacial score (nSPS) is 16.8. The highest BCUT2D eigenvalue weighted by Crippen LogP contribution is 2.28. The zero-order valence-electron chi connectivity index (χ0n) is 16.2. The second-order valence-corrected chi connectivity index (χ2v) is 6.97. The lowest BCUT2D eigenvalue weighted by molar-refractivity contribution is 0.128. The fraction of sp³-hybridized carbons (Fsp3) is 0.579. The van der Waals surface area contributed by atoms with E-state index in [0.29, 0.717) is 50.8 Å². The van der Waals surface area contributed by atoms with Crippen molar-refractivity contribution < 1.29 is 9.47 Å². The molecule has 2 aromatic heterocycles. The van der Waals surface area contributed by atoms with E-state index in [0.717, 1.165) is 48.6 Å². The predicted molar refractivity (Wildman–Crippen MR) is 105 cm³/mol. The minimum atomic E-state index is 0.407. The Kier molecular flexibility index (Phi) is 6.13. The maximum absolute atomic E-state index is 5.60. The summed E-state index contributed by atoms with van der Waals surface area (Å²) in [7, 11) is 0. The lowest BCUT2D eigenvalue weighted by atomic mass is 10.1. The number of fused-ring (bicyclic) bond motifs is 1. The van der Waals surface area contributed by atoms with Crippen molar-refractivity contribution in [1.29, 1.82) is 0 Å². The molecule has 1 aliphatic heterocycles. The van der Waals surface area contributed by atoms with E-state index in [1.165, 1.54) is 0 Å². The molecule has 28 heavy (non-hydrogen) atoms. The second-order valence-electron chi connectivity index (χ2n) is 6.97. The Morgan fingerprint density at radius 3 is 2.86 bits per heavy atom. The number of allylic oxidation sites excluding steroid dienone is 2. The standard InChI is InChI=1S/C19H27N7O2/c1-2-27-12-17-23-16(25-26-17)9-20-19-22-15-11-28-10-14(15)18(24-19)21-13-7-5-3-4-6-8-13/h3-4,13H,2,5-12H2,1H3,(H,23,25,26)(H2,20,21,22,24). The predicted octanol–water partition coefficient (Wildman–Crippen LogP) is 2.68. The number of aromatic nitrogens is 5. The average Bonchev–Trinajstić information content (AvgIpc) is 3.29. The number of nitrogens with one attached hydrogen (secondary N) is 3. The molecule has 3 N–H and O–H groups in total. The quantitative estimate of drug-likeness (QED) is 0.595. The summed E-state index contributed by atoms with van der Waals surface area (Å²) in [6.45, 7) is 4.54. The summed E-state index contributed by atoms with van der Waals surface area (Å²) in [4.78, 5) is 13.7. The molecule has 0 saturated heterocycles. The fourth-order valence-corrected chi connectivity index (χ4v) is 3.40. The molecule has 0 saturated carbocycles. The Bertz CT molecular complexity index is 811. The summed E-state index contributed by atoms with van der Waals surface area (Å²) in [6.07, 6.45) is 8.95. The summed E-state index contributed by atoms with van der Waals surface area (Å²) in [5, 5.41) is 13.9. The first-order valence-electron chi connectivity index (χ1n) is 9.92. The highest BCUT2D eigenvalue weighted by molar-refractivity contribution is 5.52. The van der Waals surface area contributed by atoms with Crippen molar-refractivity contribution in [3.63, 3.8) is 0 Å². The molecule has 0 amide bonds. The fourth-order valence-electron chi connectivity index (χ4n) is 3.40. The van der Waals surface area contributed by atoms with Crippen LogP contribution in [0.2, 0.25) is 0 Å². The summed E-state index contributed by atoms with van der Waals surface area (Å²) in [5.41, 5.74) is 2.02. The summed E-state index contributed by atoms with van der Waals surface area (Å²) in [6, 6.07) is 0.415. The molecule has 0 aromatic carbocycles. The van der Waals surface area contributed by atoms with Gasteiger partial charge in [-0.3, -0.25) is 5.10 Å². The molecule has 2 aromatic rings. The van der Waals surface area contributed by atoms with Gasteiger partial charge >= 0.3 is 0 Å². The van der Waals surface area contributed by atoms with E-state index in [4.69, 9.17) is 14.5 Å². The smallest absolute Gasteiger partial charge is 0.225 e. The number of hydrogen-bond donors (Lipinski definition) is 3.